The molecule has 1 aromatic heterocycles. The van der Waals surface area contributed by atoms with Crippen molar-refractivity contribution in [2.75, 3.05) is 13.7 Å². The second-order valence-electron chi connectivity index (χ2n) is 4.60. The van der Waals surface area contributed by atoms with E-state index in [1.807, 2.05) is 12.1 Å². The summed E-state index contributed by atoms with van der Waals surface area (Å²) < 4.78 is 5.31. The minimum atomic E-state index is -0.202. The molecule has 0 radical (unpaired) electrons. The molecule has 0 spiro atoms. The van der Waals surface area contributed by atoms with Gasteiger partial charge in [0.15, 0.2) is 0 Å². The molecule has 0 saturated carbocycles. The first-order valence-electron chi connectivity index (χ1n) is 6.94. The lowest BCUT2D eigenvalue weighted by Gasteiger charge is -2.09. The predicted octanol–water partition coefficient (Wildman–Crippen LogP) is 2.02. The summed E-state index contributed by atoms with van der Waals surface area (Å²) in [5.41, 5.74) is 2.68. The number of hydrogen-bond acceptors (Lipinski definition) is 4. The van der Waals surface area contributed by atoms with Crippen molar-refractivity contribution in [3.8, 4) is 5.75 Å². The SMILES string of the molecule is CCc1cc(CCNC(=O)c2cnccn2)ccc1OC. The molecule has 0 aliphatic rings. The highest BCUT2D eigenvalue weighted by molar-refractivity contribution is 5.91. The fourth-order valence-corrected chi connectivity index (χ4v) is 2.09. The summed E-state index contributed by atoms with van der Waals surface area (Å²) in [6, 6.07) is 6.11. The van der Waals surface area contributed by atoms with Crippen LogP contribution in [0.5, 0.6) is 5.75 Å². The zero-order valence-electron chi connectivity index (χ0n) is 12.3. The lowest BCUT2D eigenvalue weighted by atomic mass is 10.1. The summed E-state index contributed by atoms with van der Waals surface area (Å²) in [6.45, 7) is 2.66. The summed E-state index contributed by atoms with van der Waals surface area (Å²) in [5.74, 6) is 0.706. The normalized spacial score (nSPS) is 10.2. The highest BCUT2D eigenvalue weighted by Gasteiger charge is 2.07. The van der Waals surface area contributed by atoms with Crippen molar-refractivity contribution < 1.29 is 9.53 Å². The average molecular weight is 285 g/mol. The number of methoxy groups -OCH3 is 1. The Morgan fingerprint density at radius 3 is 2.86 bits per heavy atom. The molecule has 21 heavy (non-hydrogen) atoms. The van der Waals surface area contributed by atoms with Gasteiger partial charge in [-0.2, -0.15) is 0 Å². The van der Waals surface area contributed by atoms with Crippen LogP contribution >= 0.6 is 0 Å². The minimum Gasteiger partial charge on any atom is -0.496 e. The summed E-state index contributed by atoms with van der Waals surface area (Å²) >= 11 is 0. The Bertz CT molecular complexity index is 600. The quantitative estimate of drug-likeness (QED) is 0.882. The second kappa shape index (κ2) is 7.38. The molecule has 5 heteroatoms. The van der Waals surface area contributed by atoms with Crippen LogP contribution in [0.25, 0.3) is 0 Å². The molecule has 0 saturated heterocycles. The van der Waals surface area contributed by atoms with E-state index in [1.165, 1.54) is 23.5 Å². The van der Waals surface area contributed by atoms with Crippen LogP contribution < -0.4 is 10.1 Å². The van der Waals surface area contributed by atoms with Crippen molar-refractivity contribution in [1.29, 1.82) is 0 Å². The third-order valence-electron chi connectivity index (χ3n) is 3.22. The molecule has 5 nitrogen and oxygen atoms in total. The Labute approximate surface area is 124 Å². The molecule has 0 atom stereocenters. The highest BCUT2D eigenvalue weighted by atomic mass is 16.5. The number of amides is 1. The van der Waals surface area contributed by atoms with Crippen molar-refractivity contribution >= 4 is 5.91 Å². The van der Waals surface area contributed by atoms with Gasteiger partial charge in [-0.15, -0.1) is 0 Å². The zero-order chi connectivity index (χ0) is 15.1. The fraction of sp³-hybridized carbons (Fsp3) is 0.312. The van der Waals surface area contributed by atoms with Gasteiger partial charge in [0.05, 0.1) is 13.3 Å². The molecule has 1 amide bonds. The van der Waals surface area contributed by atoms with E-state index < -0.39 is 0 Å². The van der Waals surface area contributed by atoms with Gasteiger partial charge in [0.1, 0.15) is 11.4 Å². The maximum atomic E-state index is 11.8. The van der Waals surface area contributed by atoms with Crippen molar-refractivity contribution in [2.24, 2.45) is 0 Å². The Morgan fingerprint density at radius 1 is 1.33 bits per heavy atom. The van der Waals surface area contributed by atoms with Crippen molar-refractivity contribution in [2.45, 2.75) is 19.8 Å². The molecular formula is C16H19N3O2. The molecule has 0 aliphatic carbocycles. The number of aromatic nitrogens is 2. The van der Waals surface area contributed by atoms with E-state index in [0.29, 0.717) is 12.2 Å². The summed E-state index contributed by atoms with van der Waals surface area (Å²) in [6.07, 6.45) is 6.19. The average Bonchev–Trinajstić information content (AvgIpc) is 2.55. The van der Waals surface area contributed by atoms with Crippen molar-refractivity contribution in [3.05, 3.63) is 53.6 Å². The first-order chi connectivity index (χ1) is 10.2. The van der Waals surface area contributed by atoms with E-state index in [-0.39, 0.29) is 5.91 Å². The smallest absolute Gasteiger partial charge is 0.271 e. The van der Waals surface area contributed by atoms with E-state index in [0.717, 1.165) is 18.6 Å². The Kier molecular flexibility index (Phi) is 5.26. The Morgan fingerprint density at radius 2 is 2.19 bits per heavy atom. The Hall–Kier alpha value is -2.43. The first-order valence-corrected chi connectivity index (χ1v) is 6.94. The van der Waals surface area contributed by atoms with Crippen LogP contribution in [-0.4, -0.2) is 29.5 Å². The van der Waals surface area contributed by atoms with Gasteiger partial charge in [-0.05, 0) is 30.0 Å². The largest absolute Gasteiger partial charge is 0.496 e. The van der Waals surface area contributed by atoms with Crippen LogP contribution in [0, 0.1) is 0 Å². The molecule has 1 aromatic carbocycles. The second-order valence-corrected chi connectivity index (χ2v) is 4.60. The van der Waals surface area contributed by atoms with Crippen molar-refractivity contribution in [3.63, 3.8) is 0 Å². The van der Waals surface area contributed by atoms with Crippen LogP contribution in [-0.2, 0) is 12.8 Å². The van der Waals surface area contributed by atoms with Crippen LogP contribution in [0.15, 0.2) is 36.8 Å². The number of rotatable bonds is 6. The summed E-state index contributed by atoms with van der Waals surface area (Å²) in [7, 11) is 1.68. The maximum absolute atomic E-state index is 11.8. The molecule has 2 rings (SSSR count). The standard InChI is InChI=1S/C16H19N3O2/c1-3-13-10-12(4-5-15(13)21-2)6-7-19-16(20)14-11-17-8-9-18-14/h4-5,8-11H,3,6-7H2,1-2H3,(H,19,20). The number of nitrogens with zero attached hydrogens (tertiary/aromatic N) is 2. The molecule has 0 fully saturated rings. The van der Waals surface area contributed by atoms with Gasteiger partial charge in [0, 0.05) is 18.9 Å². The number of carbonyl (C=O) groups is 1. The van der Waals surface area contributed by atoms with Crippen molar-refractivity contribution in [1.82, 2.24) is 15.3 Å². The fourth-order valence-electron chi connectivity index (χ4n) is 2.09. The summed E-state index contributed by atoms with van der Waals surface area (Å²) in [5, 5.41) is 2.84. The lowest BCUT2D eigenvalue weighted by Crippen LogP contribution is -2.26. The monoisotopic (exact) mass is 285 g/mol. The molecule has 0 aliphatic heterocycles. The topological polar surface area (TPSA) is 64.1 Å². The van der Waals surface area contributed by atoms with Gasteiger partial charge in [0.2, 0.25) is 0 Å². The van der Waals surface area contributed by atoms with E-state index in [2.05, 4.69) is 28.3 Å². The number of carbonyl (C=O) groups excluding carboxylic acids is 1. The molecule has 2 aromatic rings. The maximum Gasteiger partial charge on any atom is 0.271 e. The molecule has 0 bridgehead atoms. The molecule has 1 heterocycles. The minimum absolute atomic E-state index is 0.202. The van der Waals surface area contributed by atoms with Crippen LogP contribution in [0.3, 0.4) is 0 Å². The van der Waals surface area contributed by atoms with Gasteiger partial charge < -0.3 is 10.1 Å². The molecule has 110 valence electrons. The number of hydrogen-bond donors (Lipinski definition) is 1. The van der Waals surface area contributed by atoms with Gasteiger partial charge in [0.25, 0.3) is 5.91 Å². The summed E-state index contributed by atoms with van der Waals surface area (Å²) in [4.78, 5) is 19.7. The van der Waals surface area contributed by atoms with Gasteiger partial charge in [-0.3, -0.25) is 9.78 Å². The third kappa shape index (κ3) is 4.02. The van der Waals surface area contributed by atoms with Gasteiger partial charge >= 0.3 is 0 Å². The predicted molar refractivity (Wildman–Crippen MR) is 80.4 cm³/mol. The lowest BCUT2D eigenvalue weighted by molar-refractivity contribution is 0.0948. The van der Waals surface area contributed by atoms with E-state index in [4.69, 9.17) is 4.74 Å². The zero-order valence-corrected chi connectivity index (χ0v) is 12.3. The van der Waals surface area contributed by atoms with E-state index in [1.54, 1.807) is 13.3 Å². The first kappa shape index (κ1) is 15.0. The Balaban J connectivity index is 1.90. The van der Waals surface area contributed by atoms with Crippen LogP contribution in [0.1, 0.15) is 28.5 Å². The van der Waals surface area contributed by atoms with Gasteiger partial charge in [-0.1, -0.05) is 19.1 Å². The van der Waals surface area contributed by atoms with E-state index >= 15 is 0 Å². The van der Waals surface area contributed by atoms with Gasteiger partial charge in [-0.25, -0.2) is 4.98 Å². The van der Waals surface area contributed by atoms with Crippen LogP contribution in [0.4, 0.5) is 0 Å². The molecule has 0 unspecified atom stereocenters. The van der Waals surface area contributed by atoms with Crippen LogP contribution in [0.2, 0.25) is 0 Å². The van der Waals surface area contributed by atoms with E-state index in [9.17, 15) is 4.79 Å². The third-order valence-corrected chi connectivity index (χ3v) is 3.22. The number of benzene rings is 1. The number of nitrogens with one attached hydrogen (secondary N) is 1. The number of aryl methyl sites for hydroxylation is 1. The molecule has 1 N–H and O–H groups in total. The number of ether oxygens (including phenoxy) is 1. The molecular weight excluding hydrogens is 266 g/mol. The highest BCUT2D eigenvalue weighted by Crippen LogP contribution is 2.20.